The number of benzene rings is 2. The number of fused-ring (bicyclic) bond motifs is 1. The van der Waals surface area contributed by atoms with Crippen LogP contribution in [0.4, 0.5) is 21.5 Å². The van der Waals surface area contributed by atoms with Gasteiger partial charge >= 0.3 is 0 Å². The highest BCUT2D eigenvalue weighted by atomic mass is 19.1. The number of nitrogens with zero attached hydrogens (tertiary/aromatic N) is 1. The molecule has 5 nitrogen and oxygen atoms in total. The first kappa shape index (κ1) is 17.0. The molecule has 0 bridgehead atoms. The quantitative estimate of drug-likeness (QED) is 0.900. The largest absolute Gasteiger partial charge is 0.376 e. The lowest BCUT2D eigenvalue weighted by Crippen LogP contribution is -2.42. The zero-order valence-corrected chi connectivity index (χ0v) is 14.2. The zero-order valence-electron chi connectivity index (χ0n) is 14.2. The fourth-order valence-electron chi connectivity index (χ4n) is 2.93. The lowest BCUT2D eigenvalue weighted by Gasteiger charge is -2.28. The van der Waals surface area contributed by atoms with Crippen LogP contribution >= 0.6 is 0 Å². The van der Waals surface area contributed by atoms with E-state index < -0.39 is 0 Å². The summed E-state index contributed by atoms with van der Waals surface area (Å²) >= 11 is 0. The van der Waals surface area contributed by atoms with Crippen LogP contribution in [0.2, 0.25) is 0 Å². The van der Waals surface area contributed by atoms with Gasteiger partial charge < -0.3 is 15.5 Å². The smallest absolute Gasteiger partial charge is 0.246 e. The molecule has 0 saturated carbocycles. The molecule has 0 saturated heterocycles. The Hall–Kier alpha value is -2.89. The van der Waals surface area contributed by atoms with E-state index in [4.69, 9.17) is 0 Å². The molecular weight excluding hydrogens is 321 g/mol. The third-order valence-electron chi connectivity index (χ3n) is 4.24. The fourth-order valence-corrected chi connectivity index (χ4v) is 2.93. The van der Waals surface area contributed by atoms with E-state index >= 15 is 0 Å². The molecule has 2 aromatic carbocycles. The van der Waals surface area contributed by atoms with E-state index in [1.54, 1.807) is 36.1 Å². The van der Waals surface area contributed by atoms with Crippen LogP contribution in [-0.2, 0) is 9.59 Å². The first-order valence-corrected chi connectivity index (χ1v) is 8.16. The Bertz CT molecular complexity index is 822. The van der Waals surface area contributed by atoms with Crippen molar-refractivity contribution in [2.24, 2.45) is 0 Å². The summed E-state index contributed by atoms with van der Waals surface area (Å²) in [6.45, 7) is 3.53. The molecule has 25 heavy (non-hydrogen) atoms. The maximum Gasteiger partial charge on any atom is 0.246 e. The molecule has 1 atom stereocenters. The second-order valence-corrected chi connectivity index (χ2v) is 6.20. The summed E-state index contributed by atoms with van der Waals surface area (Å²) in [7, 11) is 0. The Morgan fingerprint density at radius 3 is 2.84 bits per heavy atom. The van der Waals surface area contributed by atoms with Crippen molar-refractivity contribution in [3.63, 3.8) is 0 Å². The average molecular weight is 341 g/mol. The molecule has 0 aromatic heterocycles. The van der Waals surface area contributed by atoms with Gasteiger partial charge in [-0.15, -0.1) is 0 Å². The van der Waals surface area contributed by atoms with Crippen molar-refractivity contribution in [3.05, 3.63) is 53.8 Å². The minimum atomic E-state index is -0.319. The Kier molecular flexibility index (Phi) is 4.70. The van der Waals surface area contributed by atoms with Crippen LogP contribution in [-0.4, -0.2) is 24.4 Å². The van der Waals surface area contributed by atoms with Crippen LogP contribution in [0.5, 0.6) is 0 Å². The molecule has 130 valence electrons. The summed E-state index contributed by atoms with van der Waals surface area (Å²) in [6.07, 6.45) is 0.222. The molecule has 2 amide bonds. The van der Waals surface area contributed by atoms with Crippen molar-refractivity contribution in [1.82, 2.24) is 0 Å². The van der Waals surface area contributed by atoms with Crippen LogP contribution in [0.1, 0.15) is 18.9 Å². The van der Waals surface area contributed by atoms with Crippen molar-refractivity contribution in [1.29, 1.82) is 0 Å². The number of amides is 2. The van der Waals surface area contributed by atoms with Gasteiger partial charge in [0.1, 0.15) is 5.82 Å². The van der Waals surface area contributed by atoms with Crippen LogP contribution in [0, 0.1) is 12.7 Å². The number of halogens is 1. The molecule has 0 fully saturated rings. The third-order valence-corrected chi connectivity index (χ3v) is 4.24. The second-order valence-electron chi connectivity index (χ2n) is 6.20. The van der Waals surface area contributed by atoms with Crippen molar-refractivity contribution < 1.29 is 14.0 Å². The van der Waals surface area contributed by atoms with Crippen molar-refractivity contribution in [2.75, 3.05) is 22.1 Å². The highest BCUT2D eigenvalue weighted by Crippen LogP contribution is 2.31. The predicted octanol–water partition coefficient (Wildman–Crippen LogP) is 3.31. The van der Waals surface area contributed by atoms with E-state index in [2.05, 4.69) is 10.6 Å². The van der Waals surface area contributed by atoms with Crippen molar-refractivity contribution in [2.45, 2.75) is 26.3 Å². The van der Waals surface area contributed by atoms with E-state index in [-0.39, 0.29) is 36.6 Å². The van der Waals surface area contributed by atoms with Gasteiger partial charge in [-0.2, -0.15) is 0 Å². The molecule has 0 aliphatic carbocycles. The Balaban J connectivity index is 1.80. The number of para-hydroxylation sites is 2. The number of nitrogens with one attached hydrogen (secondary N) is 2. The molecule has 0 radical (unpaired) electrons. The van der Waals surface area contributed by atoms with E-state index in [1.807, 2.05) is 19.1 Å². The summed E-state index contributed by atoms with van der Waals surface area (Å²) in [4.78, 5) is 26.4. The highest BCUT2D eigenvalue weighted by Gasteiger charge is 2.29. The van der Waals surface area contributed by atoms with Crippen LogP contribution in [0.15, 0.2) is 42.5 Å². The number of aryl methyl sites for hydroxylation is 1. The Morgan fingerprint density at radius 2 is 2.08 bits per heavy atom. The molecule has 1 heterocycles. The molecule has 6 heteroatoms. The molecule has 3 rings (SSSR count). The first-order chi connectivity index (χ1) is 12.0. The average Bonchev–Trinajstić information content (AvgIpc) is 2.70. The van der Waals surface area contributed by atoms with Gasteiger partial charge in [0.15, 0.2) is 0 Å². The Labute approximate surface area is 145 Å². The van der Waals surface area contributed by atoms with Crippen LogP contribution in [0.25, 0.3) is 0 Å². The number of hydrogen-bond acceptors (Lipinski definition) is 3. The predicted molar refractivity (Wildman–Crippen MR) is 96.3 cm³/mol. The summed E-state index contributed by atoms with van der Waals surface area (Å²) in [5, 5.41) is 5.78. The summed E-state index contributed by atoms with van der Waals surface area (Å²) in [5.41, 5.74) is 2.38. The SMILES string of the molecule is Cc1ccc(NCC(=O)N2c3ccccc3NC(=O)C[C@H]2C)cc1F. The second kappa shape index (κ2) is 6.93. The lowest BCUT2D eigenvalue weighted by molar-refractivity contribution is -0.118. The minimum absolute atomic E-state index is 0.00929. The molecule has 0 spiro atoms. The normalized spacial score (nSPS) is 16.7. The van der Waals surface area contributed by atoms with Gasteiger partial charge in [0.25, 0.3) is 0 Å². The van der Waals surface area contributed by atoms with Gasteiger partial charge in [-0.3, -0.25) is 9.59 Å². The number of rotatable bonds is 3. The van der Waals surface area contributed by atoms with Gasteiger partial charge in [0, 0.05) is 18.2 Å². The molecule has 1 aliphatic heterocycles. The molecule has 2 aromatic rings. The minimum Gasteiger partial charge on any atom is -0.376 e. The van der Waals surface area contributed by atoms with Crippen molar-refractivity contribution >= 4 is 28.9 Å². The van der Waals surface area contributed by atoms with E-state index in [9.17, 15) is 14.0 Å². The van der Waals surface area contributed by atoms with E-state index in [0.717, 1.165) is 0 Å². The van der Waals surface area contributed by atoms with Crippen LogP contribution in [0.3, 0.4) is 0 Å². The van der Waals surface area contributed by atoms with E-state index in [0.29, 0.717) is 22.6 Å². The standard InChI is InChI=1S/C19H20FN3O2/c1-12-7-8-14(10-15(12)20)21-11-19(25)23-13(2)9-18(24)22-16-5-3-4-6-17(16)23/h3-8,10,13,21H,9,11H2,1-2H3,(H,22,24)/t13-/m1/s1. The number of hydrogen-bond donors (Lipinski definition) is 2. The van der Waals surface area contributed by atoms with Gasteiger partial charge in [-0.25, -0.2) is 4.39 Å². The number of anilines is 3. The highest BCUT2D eigenvalue weighted by molar-refractivity contribution is 6.05. The van der Waals surface area contributed by atoms with E-state index in [1.165, 1.54) is 6.07 Å². The fraction of sp³-hybridized carbons (Fsp3) is 0.263. The molecule has 0 unspecified atom stereocenters. The number of carbonyl (C=O) groups excluding carboxylic acids is 2. The summed E-state index contributed by atoms with van der Waals surface area (Å²) in [6, 6.07) is 11.7. The zero-order chi connectivity index (χ0) is 18.0. The monoisotopic (exact) mass is 341 g/mol. The van der Waals surface area contributed by atoms with Crippen LogP contribution < -0.4 is 15.5 Å². The maximum atomic E-state index is 13.6. The van der Waals surface area contributed by atoms with Gasteiger partial charge in [0.05, 0.1) is 17.9 Å². The lowest BCUT2D eigenvalue weighted by atomic mass is 10.1. The first-order valence-electron chi connectivity index (χ1n) is 8.16. The Morgan fingerprint density at radius 1 is 1.32 bits per heavy atom. The van der Waals surface area contributed by atoms with Gasteiger partial charge in [-0.05, 0) is 43.7 Å². The topological polar surface area (TPSA) is 61.4 Å². The van der Waals surface area contributed by atoms with Crippen molar-refractivity contribution in [3.8, 4) is 0 Å². The number of carbonyl (C=O) groups is 2. The van der Waals surface area contributed by atoms with Gasteiger partial charge in [-0.1, -0.05) is 18.2 Å². The summed E-state index contributed by atoms with van der Waals surface area (Å²) in [5.74, 6) is -0.623. The van der Waals surface area contributed by atoms with Gasteiger partial charge in [0.2, 0.25) is 11.8 Å². The summed E-state index contributed by atoms with van der Waals surface area (Å²) < 4.78 is 13.6. The third kappa shape index (κ3) is 3.63. The maximum absolute atomic E-state index is 13.6. The molecule has 2 N–H and O–H groups in total. The molecule has 1 aliphatic rings. The molecular formula is C19H20FN3O2.